The van der Waals surface area contributed by atoms with E-state index in [1.54, 1.807) is 31.2 Å². The lowest BCUT2D eigenvalue weighted by Gasteiger charge is -2.33. The summed E-state index contributed by atoms with van der Waals surface area (Å²) in [5.74, 6) is -2.34. The Kier molecular flexibility index (Phi) is 10.9. The van der Waals surface area contributed by atoms with Crippen LogP contribution in [0.3, 0.4) is 0 Å². The van der Waals surface area contributed by atoms with E-state index in [0.717, 1.165) is 11.1 Å². The van der Waals surface area contributed by atoms with E-state index in [-0.39, 0.29) is 24.4 Å². The van der Waals surface area contributed by atoms with E-state index in [9.17, 15) is 24.3 Å². The molecular formula is C27H35N5O8. The molecule has 1 aromatic carbocycles. The second-order valence-corrected chi connectivity index (χ2v) is 9.30. The number of hydrogen-bond acceptors (Lipinski definition) is 10. The van der Waals surface area contributed by atoms with E-state index in [2.05, 4.69) is 15.6 Å². The average Bonchev–Trinajstić information content (AvgIpc) is 2.94. The molecule has 0 saturated carbocycles. The van der Waals surface area contributed by atoms with Crippen molar-refractivity contribution in [2.75, 3.05) is 33.9 Å². The van der Waals surface area contributed by atoms with Crippen molar-refractivity contribution in [2.45, 2.75) is 50.5 Å². The van der Waals surface area contributed by atoms with Crippen LogP contribution in [-0.4, -0.2) is 104 Å². The number of aliphatic imine (C=N–C) groups is 1. The molecule has 0 aliphatic carbocycles. The first-order chi connectivity index (χ1) is 19.1. The number of alkyl carbamates (subject to hydrolysis) is 1. The van der Waals surface area contributed by atoms with Crippen LogP contribution in [0.2, 0.25) is 0 Å². The summed E-state index contributed by atoms with van der Waals surface area (Å²) in [5, 5.41) is 23.4. The number of hydrogen-bond donors (Lipinski definition) is 4. The fraction of sp³-hybridized carbons (Fsp3) is 0.481. The molecule has 0 bridgehead atoms. The van der Waals surface area contributed by atoms with Crippen LogP contribution in [0.4, 0.5) is 4.79 Å². The monoisotopic (exact) mass is 557 g/mol. The van der Waals surface area contributed by atoms with Gasteiger partial charge in [0.05, 0.1) is 37.3 Å². The van der Waals surface area contributed by atoms with E-state index in [1.165, 1.54) is 20.2 Å². The largest absolute Gasteiger partial charge is 0.497 e. The summed E-state index contributed by atoms with van der Waals surface area (Å²) in [5.41, 5.74) is 0.601. The van der Waals surface area contributed by atoms with Gasteiger partial charge < -0.3 is 29.5 Å². The number of ether oxygens (including phenoxy) is 3. The van der Waals surface area contributed by atoms with Gasteiger partial charge in [-0.2, -0.15) is 0 Å². The summed E-state index contributed by atoms with van der Waals surface area (Å²) in [4.78, 5) is 57.0. The van der Waals surface area contributed by atoms with E-state index in [4.69, 9.17) is 19.6 Å². The van der Waals surface area contributed by atoms with Crippen molar-refractivity contribution in [2.24, 2.45) is 4.99 Å². The first-order valence-corrected chi connectivity index (χ1v) is 12.9. The number of carboxylic acids is 1. The van der Waals surface area contributed by atoms with Gasteiger partial charge in [0, 0.05) is 19.7 Å². The maximum atomic E-state index is 13.8. The zero-order chi connectivity index (χ0) is 29.2. The molecule has 0 radical (unpaired) electrons. The number of allylic oxidation sites excluding steroid dienone is 1. The van der Waals surface area contributed by atoms with Gasteiger partial charge in [0.1, 0.15) is 5.75 Å². The molecule has 3 unspecified atom stereocenters. The fourth-order valence-corrected chi connectivity index (χ4v) is 4.41. The Morgan fingerprint density at radius 3 is 2.48 bits per heavy atom. The Labute approximate surface area is 232 Å². The van der Waals surface area contributed by atoms with Gasteiger partial charge in [-0.15, -0.1) is 0 Å². The number of carboxylic acid groups (broad SMARTS) is 1. The Hall–Kier alpha value is -4.10. The van der Waals surface area contributed by atoms with Crippen molar-refractivity contribution >= 4 is 35.7 Å². The van der Waals surface area contributed by atoms with E-state index < -0.39 is 48.0 Å². The lowest BCUT2D eigenvalue weighted by atomic mass is 9.96. The Morgan fingerprint density at radius 1 is 1.20 bits per heavy atom. The number of dihydropyridines is 1. The van der Waals surface area contributed by atoms with Crippen molar-refractivity contribution in [1.82, 2.24) is 15.5 Å². The number of piperidine rings is 1. The van der Waals surface area contributed by atoms with Crippen LogP contribution in [0.5, 0.6) is 5.75 Å². The van der Waals surface area contributed by atoms with Crippen molar-refractivity contribution in [3.05, 3.63) is 41.6 Å². The Bertz CT molecular complexity index is 1160. The summed E-state index contributed by atoms with van der Waals surface area (Å²) >= 11 is 0. The fourth-order valence-electron chi connectivity index (χ4n) is 4.41. The third kappa shape index (κ3) is 7.96. The molecule has 2 heterocycles. The number of carbonyl (C=O) groups excluding carboxylic acids is 3. The topological polar surface area (TPSA) is 180 Å². The zero-order valence-corrected chi connectivity index (χ0v) is 22.7. The van der Waals surface area contributed by atoms with Crippen LogP contribution in [0.1, 0.15) is 25.3 Å². The first kappa shape index (κ1) is 30.4. The van der Waals surface area contributed by atoms with Crippen LogP contribution in [0.25, 0.3) is 0 Å². The normalized spacial score (nSPS) is 18.7. The summed E-state index contributed by atoms with van der Waals surface area (Å²) in [7, 11) is 2.89. The molecule has 1 fully saturated rings. The smallest absolute Gasteiger partial charge is 0.411 e. The van der Waals surface area contributed by atoms with Crippen molar-refractivity contribution in [1.29, 1.82) is 5.41 Å². The maximum Gasteiger partial charge on any atom is 0.411 e. The van der Waals surface area contributed by atoms with Crippen LogP contribution in [0.15, 0.2) is 41.0 Å². The highest BCUT2D eigenvalue weighted by Crippen LogP contribution is 2.21. The Balaban J connectivity index is 1.91. The molecule has 0 spiro atoms. The van der Waals surface area contributed by atoms with E-state index >= 15 is 0 Å². The second kappa shape index (κ2) is 14.3. The molecule has 13 nitrogen and oxygen atoms in total. The van der Waals surface area contributed by atoms with E-state index in [1.807, 2.05) is 0 Å². The van der Waals surface area contributed by atoms with Crippen LogP contribution < -0.4 is 15.4 Å². The molecule has 216 valence electrons. The SMILES string of the molecule is CCOC(=O)NC1=CC(=N)C=NC1C(=O)N(C)C(Cc1ccc(OC)cc1)C(=O)C(OC1CCNCC1)C(=O)O. The van der Waals surface area contributed by atoms with Gasteiger partial charge in [-0.1, -0.05) is 12.1 Å². The molecule has 13 heteroatoms. The minimum atomic E-state index is -1.79. The second-order valence-electron chi connectivity index (χ2n) is 9.30. The van der Waals surface area contributed by atoms with Crippen molar-refractivity contribution < 1.29 is 38.5 Å². The summed E-state index contributed by atoms with van der Waals surface area (Å²) < 4.78 is 15.9. The highest BCUT2D eigenvalue weighted by atomic mass is 16.5. The van der Waals surface area contributed by atoms with Crippen LogP contribution in [0, 0.1) is 5.41 Å². The van der Waals surface area contributed by atoms with E-state index in [0.29, 0.717) is 37.2 Å². The number of Topliss-reactive ketones (excluding diaryl/α,β-unsaturated/α-hetero) is 1. The number of nitrogens with one attached hydrogen (secondary N) is 3. The summed E-state index contributed by atoms with van der Waals surface area (Å²) in [6, 6.07) is 4.29. The number of ketones is 1. The Morgan fingerprint density at radius 2 is 1.88 bits per heavy atom. The number of likely N-dealkylation sites (N-methyl/N-ethyl adjacent to an activating group) is 1. The van der Waals surface area contributed by atoms with Crippen LogP contribution >= 0.6 is 0 Å². The number of methoxy groups -OCH3 is 1. The minimum Gasteiger partial charge on any atom is -0.497 e. The number of amides is 2. The quantitative estimate of drug-likeness (QED) is 0.272. The number of aliphatic carboxylic acids is 1. The standard InChI is InChI=1S/C27H35N5O8/c1-4-39-27(37)31-20-14-17(28)15-30-22(20)25(34)32(2)21(13-16-5-7-18(38-3)8-6-16)23(33)24(26(35)36)40-19-9-11-29-12-10-19/h5-8,14-15,19,21-22,24,28-29H,4,9-13H2,1-3H3,(H,31,37)(H,35,36). The minimum absolute atomic E-state index is 0.000753. The molecule has 40 heavy (non-hydrogen) atoms. The average molecular weight is 558 g/mol. The zero-order valence-electron chi connectivity index (χ0n) is 22.7. The molecule has 2 amide bonds. The molecule has 1 saturated heterocycles. The van der Waals surface area contributed by atoms with Gasteiger partial charge in [0.2, 0.25) is 6.10 Å². The molecule has 0 aromatic heterocycles. The van der Waals surface area contributed by atoms with Crippen molar-refractivity contribution in [3.63, 3.8) is 0 Å². The third-order valence-electron chi connectivity index (χ3n) is 6.55. The van der Waals surface area contributed by atoms with Crippen LogP contribution in [-0.2, 0) is 30.3 Å². The molecule has 3 rings (SSSR count). The number of nitrogens with zero attached hydrogens (tertiary/aromatic N) is 2. The number of benzene rings is 1. The first-order valence-electron chi connectivity index (χ1n) is 12.9. The predicted octanol–water partition coefficient (Wildman–Crippen LogP) is 0.958. The lowest BCUT2D eigenvalue weighted by Crippen LogP contribution is -2.54. The molecular weight excluding hydrogens is 522 g/mol. The highest BCUT2D eigenvalue weighted by molar-refractivity contribution is 6.35. The van der Waals surface area contributed by atoms with Gasteiger partial charge >= 0.3 is 12.1 Å². The molecule has 2 aliphatic heterocycles. The molecule has 3 atom stereocenters. The van der Waals surface area contributed by atoms with Gasteiger partial charge in [-0.25, -0.2) is 9.59 Å². The maximum absolute atomic E-state index is 13.8. The molecule has 2 aliphatic rings. The third-order valence-corrected chi connectivity index (χ3v) is 6.55. The van der Waals surface area contributed by atoms with Gasteiger partial charge in [0.15, 0.2) is 11.8 Å². The number of carbonyl (C=O) groups is 4. The lowest BCUT2D eigenvalue weighted by molar-refractivity contribution is -0.165. The van der Waals surface area contributed by atoms with Crippen molar-refractivity contribution in [3.8, 4) is 5.75 Å². The highest BCUT2D eigenvalue weighted by Gasteiger charge is 2.41. The number of rotatable bonds is 12. The van der Waals surface area contributed by atoms with Gasteiger partial charge in [-0.05, 0) is 56.6 Å². The van der Waals surface area contributed by atoms with Gasteiger partial charge in [-0.3, -0.25) is 25.3 Å². The molecule has 1 aromatic rings. The summed E-state index contributed by atoms with van der Waals surface area (Å²) in [6.45, 7) is 2.97. The predicted molar refractivity (Wildman–Crippen MR) is 145 cm³/mol. The van der Waals surface area contributed by atoms with Gasteiger partial charge in [0.25, 0.3) is 5.91 Å². The molecule has 4 N–H and O–H groups in total. The summed E-state index contributed by atoms with van der Waals surface area (Å²) in [6.07, 6.45) is 0.460.